The minimum Gasteiger partial charge on any atom is -0.291 e. The summed E-state index contributed by atoms with van der Waals surface area (Å²) in [6.45, 7) is 5.26. The van der Waals surface area contributed by atoms with E-state index in [1.54, 1.807) is 20.0 Å². The van der Waals surface area contributed by atoms with Gasteiger partial charge in [-0.2, -0.15) is 0 Å². The second-order valence-corrected chi connectivity index (χ2v) is 8.51. The summed E-state index contributed by atoms with van der Waals surface area (Å²) in [6.07, 6.45) is 7.28. The minimum absolute atomic E-state index is 0.168. The predicted molar refractivity (Wildman–Crippen MR) is 132 cm³/mol. The normalized spacial score (nSPS) is 11.3. The quantitative estimate of drug-likeness (QED) is 0.319. The lowest BCUT2D eigenvalue weighted by Gasteiger charge is -2.09. The number of nitrogens with zero attached hydrogens (tertiary/aromatic N) is 10. The van der Waals surface area contributed by atoms with Gasteiger partial charge in [-0.1, -0.05) is 62.1 Å². The number of aromatic nitrogens is 11. The second kappa shape index (κ2) is 10.4. The van der Waals surface area contributed by atoms with Crippen molar-refractivity contribution in [3.8, 4) is 28.6 Å². The van der Waals surface area contributed by atoms with Crippen LogP contribution in [-0.2, 0) is 19.5 Å². The van der Waals surface area contributed by atoms with Crippen LogP contribution in [0.15, 0.2) is 53.6 Å². The molecule has 12 heteroatoms. The van der Waals surface area contributed by atoms with Gasteiger partial charge < -0.3 is 0 Å². The molecule has 4 aromatic heterocycles. The number of benzene rings is 1. The maximum Gasteiger partial charge on any atom is 0.335 e. The highest BCUT2D eigenvalue weighted by Gasteiger charge is 2.18. The molecule has 0 bridgehead atoms. The van der Waals surface area contributed by atoms with Crippen molar-refractivity contribution in [1.29, 1.82) is 0 Å². The van der Waals surface area contributed by atoms with E-state index in [0.29, 0.717) is 24.9 Å². The van der Waals surface area contributed by atoms with Gasteiger partial charge in [-0.15, -0.1) is 5.10 Å². The molecule has 0 unspecified atom stereocenters. The van der Waals surface area contributed by atoms with Gasteiger partial charge in [-0.05, 0) is 45.3 Å². The monoisotopic (exact) mass is 485 g/mol. The van der Waals surface area contributed by atoms with Gasteiger partial charge in [-0.25, -0.2) is 19.1 Å². The van der Waals surface area contributed by atoms with E-state index in [4.69, 9.17) is 0 Å². The van der Waals surface area contributed by atoms with Crippen molar-refractivity contribution in [3.05, 3.63) is 70.5 Å². The first-order valence-electron chi connectivity index (χ1n) is 12.1. The van der Waals surface area contributed by atoms with Gasteiger partial charge in [0.15, 0.2) is 5.82 Å². The summed E-state index contributed by atoms with van der Waals surface area (Å²) < 4.78 is 5.00. The fraction of sp³-hybridized carbons (Fsp3) is 0.333. The Labute approximate surface area is 207 Å². The fourth-order valence-electron chi connectivity index (χ4n) is 4.17. The first-order chi connectivity index (χ1) is 17.7. The molecular weight excluding hydrogens is 458 g/mol. The van der Waals surface area contributed by atoms with Gasteiger partial charge in [0.1, 0.15) is 0 Å². The third-order valence-corrected chi connectivity index (χ3v) is 5.99. The van der Waals surface area contributed by atoms with Crippen LogP contribution in [0.4, 0.5) is 0 Å². The summed E-state index contributed by atoms with van der Waals surface area (Å²) in [5, 5.41) is 26.2. The Balaban J connectivity index is 1.45. The number of aryl methyl sites for hydroxylation is 2. The van der Waals surface area contributed by atoms with Gasteiger partial charge in [0.25, 0.3) is 5.95 Å². The number of unbranched alkanes of at least 4 members (excludes halogenated alkanes) is 1. The van der Waals surface area contributed by atoms with Crippen molar-refractivity contribution in [2.75, 3.05) is 0 Å². The maximum absolute atomic E-state index is 13.4. The molecule has 0 aliphatic heterocycles. The second-order valence-electron chi connectivity index (χ2n) is 8.51. The summed E-state index contributed by atoms with van der Waals surface area (Å²) in [5.41, 5.74) is 4.25. The van der Waals surface area contributed by atoms with E-state index in [9.17, 15) is 4.79 Å². The number of rotatable bonds is 10. The summed E-state index contributed by atoms with van der Waals surface area (Å²) in [5.74, 6) is 1.02. The smallest absolute Gasteiger partial charge is 0.291 e. The lowest BCUT2D eigenvalue weighted by molar-refractivity contribution is 0.540. The number of tetrazole rings is 2. The molecule has 0 saturated heterocycles. The van der Waals surface area contributed by atoms with Crippen molar-refractivity contribution >= 4 is 0 Å². The molecule has 12 nitrogen and oxygen atoms in total. The molecule has 4 heterocycles. The lowest BCUT2D eigenvalue weighted by Crippen LogP contribution is -2.26. The van der Waals surface area contributed by atoms with Gasteiger partial charge in [0, 0.05) is 35.8 Å². The molecule has 184 valence electrons. The third kappa shape index (κ3) is 4.57. The zero-order chi connectivity index (χ0) is 24.9. The van der Waals surface area contributed by atoms with E-state index in [1.807, 2.05) is 42.6 Å². The zero-order valence-corrected chi connectivity index (χ0v) is 20.2. The molecule has 1 aromatic carbocycles. The Kier molecular flexibility index (Phi) is 6.74. The van der Waals surface area contributed by atoms with Crippen LogP contribution in [0.2, 0.25) is 0 Å². The van der Waals surface area contributed by atoms with Crippen molar-refractivity contribution < 1.29 is 0 Å². The SMILES string of the molecule is CCCCn1nnnc1-n1cc(CCC)n(Cc2ccc(-c3ccccc3-c3nnn[nH]3)nc2)c1=O. The Bertz CT molecular complexity index is 1480. The fourth-order valence-corrected chi connectivity index (χ4v) is 4.17. The molecule has 36 heavy (non-hydrogen) atoms. The summed E-state index contributed by atoms with van der Waals surface area (Å²) >= 11 is 0. The average molecular weight is 486 g/mol. The number of pyridine rings is 1. The van der Waals surface area contributed by atoms with Gasteiger partial charge in [0.05, 0.1) is 12.2 Å². The van der Waals surface area contributed by atoms with E-state index in [2.05, 4.69) is 55.0 Å². The van der Waals surface area contributed by atoms with E-state index < -0.39 is 0 Å². The molecule has 0 radical (unpaired) electrons. The van der Waals surface area contributed by atoms with Crippen LogP contribution in [-0.4, -0.2) is 54.9 Å². The average Bonchev–Trinajstić information content (AvgIpc) is 3.66. The molecule has 0 aliphatic rings. The Hall–Kier alpha value is -4.48. The molecule has 0 atom stereocenters. The highest BCUT2D eigenvalue weighted by Crippen LogP contribution is 2.28. The van der Waals surface area contributed by atoms with Crippen LogP contribution in [0.5, 0.6) is 0 Å². The first kappa shape index (κ1) is 23.3. The molecular formula is C24H27N11O. The third-order valence-electron chi connectivity index (χ3n) is 5.99. The molecule has 1 N–H and O–H groups in total. The van der Waals surface area contributed by atoms with Crippen LogP contribution in [0, 0.1) is 0 Å². The Morgan fingerprint density at radius 3 is 2.56 bits per heavy atom. The summed E-state index contributed by atoms with van der Waals surface area (Å²) in [7, 11) is 0. The number of imidazole rings is 1. The molecule has 0 amide bonds. The highest BCUT2D eigenvalue weighted by molar-refractivity contribution is 5.78. The van der Waals surface area contributed by atoms with Gasteiger partial charge in [0.2, 0.25) is 0 Å². The van der Waals surface area contributed by atoms with Crippen molar-refractivity contribution in [1.82, 2.24) is 54.9 Å². The maximum atomic E-state index is 13.4. The Morgan fingerprint density at radius 2 is 1.83 bits per heavy atom. The van der Waals surface area contributed by atoms with Crippen LogP contribution >= 0.6 is 0 Å². The van der Waals surface area contributed by atoms with E-state index in [-0.39, 0.29) is 5.69 Å². The van der Waals surface area contributed by atoms with E-state index in [1.165, 1.54) is 0 Å². The van der Waals surface area contributed by atoms with E-state index >= 15 is 0 Å². The number of H-pyrrole nitrogens is 1. The molecule has 0 spiro atoms. The standard InChI is InChI=1S/C24H27N11O/c1-3-5-13-35-23(28-31-32-35)34-16-18(8-4-2)33(24(34)36)15-17-11-12-21(25-14-17)19-9-6-7-10-20(19)22-26-29-30-27-22/h6-7,9-12,14,16H,3-5,8,13,15H2,1-2H3,(H,26,27,29,30). The van der Waals surface area contributed by atoms with E-state index in [0.717, 1.165) is 53.8 Å². The highest BCUT2D eigenvalue weighted by atomic mass is 16.2. The number of aromatic amines is 1. The molecule has 0 saturated carbocycles. The van der Waals surface area contributed by atoms with Gasteiger partial charge >= 0.3 is 5.69 Å². The van der Waals surface area contributed by atoms with Crippen LogP contribution in [0.1, 0.15) is 44.4 Å². The number of hydrogen-bond acceptors (Lipinski definition) is 8. The van der Waals surface area contributed by atoms with Crippen LogP contribution < -0.4 is 5.69 Å². The molecule has 0 aliphatic carbocycles. The largest absolute Gasteiger partial charge is 0.335 e. The van der Waals surface area contributed by atoms with Crippen molar-refractivity contribution in [3.63, 3.8) is 0 Å². The van der Waals surface area contributed by atoms with Crippen molar-refractivity contribution in [2.24, 2.45) is 0 Å². The lowest BCUT2D eigenvalue weighted by atomic mass is 10.0. The van der Waals surface area contributed by atoms with Gasteiger partial charge in [-0.3, -0.25) is 9.55 Å². The number of nitrogens with one attached hydrogen (secondary N) is 1. The summed E-state index contributed by atoms with van der Waals surface area (Å²) in [6, 6.07) is 11.7. The van der Waals surface area contributed by atoms with Crippen LogP contribution in [0.25, 0.3) is 28.6 Å². The minimum atomic E-state index is -0.168. The Morgan fingerprint density at radius 1 is 0.972 bits per heavy atom. The topological polar surface area (TPSA) is 138 Å². The molecule has 5 rings (SSSR count). The predicted octanol–water partition coefficient (Wildman–Crippen LogP) is 2.67. The number of hydrogen-bond donors (Lipinski definition) is 1. The zero-order valence-electron chi connectivity index (χ0n) is 20.2. The molecule has 5 aromatic rings. The van der Waals surface area contributed by atoms with Crippen LogP contribution in [0.3, 0.4) is 0 Å². The summed E-state index contributed by atoms with van der Waals surface area (Å²) in [4.78, 5) is 18.1. The first-order valence-corrected chi connectivity index (χ1v) is 12.1. The molecule has 0 fully saturated rings. The van der Waals surface area contributed by atoms with Crippen molar-refractivity contribution in [2.45, 2.75) is 52.6 Å².